The average molecular weight is 396 g/mol. The normalized spacial score (nSPS) is 12.1. The standard InChI is InChI=1S/C16H23ClFNO5S/c1-16(2,3)24-15(20)13-6-5-12(11-14(13)18)19(8-7-17)9-10-23-25(4,21)22/h5-6,11H,7-10H2,1-4H3. The van der Waals surface area contributed by atoms with Crippen molar-refractivity contribution in [2.45, 2.75) is 26.4 Å². The summed E-state index contributed by atoms with van der Waals surface area (Å²) >= 11 is 5.74. The van der Waals surface area contributed by atoms with Crippen molar-refractivity contribution >= 4 is 33.4 Å². The van der Waals surface area contributed by atoms with E-state index in [2.05, 4.69) is 0 Å². The number of alkyl halides is 1. The van der Waals surface area contributed by atoms with E-state index >= 15 is 0 Å². The number of nitrogens with zero attached hydrogens (tertiary/aromatic N) is 1. The first-order valence-electron chi connectivity index (χ1n) is 7.61. The van der Waals surface area contributed by atoms with Crippen molar-refractivity contribution in [3.63, 3.8) is 0 Å². The Morgan fingerprint density at radius 3 is 2.40 bits per heavy atom. The van der Waals surface area contributed by atoms with Crippen molar-refractivity contribution in [3.8, 4) is 0 Å². The molecule has 142 valence electrons. The van der Waals surface area contributed by atoms with Crippen LogP contribution in [0.3, 0.4) is 0 Å². The second-order valence-corrected chi connectivity index (χ2v) is 8.39. The Labute approximate surface area is 153 Å². The van der Waals surface area contributed by atoms with Crippen LogP contribution in [0, 0.1) is 5.82 Å². The quantitative estimate of drug-likeness (QED) is 0.383. The van der Waals surface area contributed by atoms with Crippen molar-refractivity contribution in [1.29, 1.82) is 0 Å². The molecule has 0 aliphatic heterocycles. The molecular weight excluding hydrogens is 373 g/mol. The smallest absolute Gasteiger partial charge is 0.341 e. The molecule has 0 saturated heterocycles. The van der Waals surface area contributed by atoms with E-state index in [0.717, 1.165) is 6.26 Å². The van der Waals surface area contributed by atoms with E-state index in [9.17, 15) is 17.6 Å². The van der Waals surface area contributed by atoms with Crippen LogP contribution in [-0.4, -0.2) is 51.8 Å². The first-order valence-corrected chi connectivity index (χ1v) is 9.96. The van der Waals surface area contributed by atoms with Gasteiger partial charge in [-0.2, -0.15) is 8.42 Å². The number of esters is 1. The van der Waals surface area contributed by atoms with E-state index in [1.165, 1.54) is 12.1 Å². The van der Waals surface area contributed by atoms with Crippen LogP contribution in [0.15, 0.2) is 18.2 Å². The maximum Gasteiger partial charge on any atom is 0.341 e. The number of ether oxygens (including phenoxy) is 1. The Morgan fingerprint density at radius 2 is 1.92 bits per heavy atom. The molecule has 0 saturated carbocycles. The number of hydrogen-bond donors (Lipinski definition) is 0. The summed E-state index contributed by atoms with van der Waals surface area (Å²) in [5, 5.41) is 0. The zero-order valence-corrected chi connectivity index (χ0v) is 16.3. The molecule has 0 bridgehead atoms. The molecule has 0 fully saturated rings. The van der Waals surface area contributed by atoms with Crippen LogP contribution >= 0.6 is 11.6 Å². The largest absolute Gasteiger partial charge is 0.456 e. The summed E-state index contributed by atoms with van der Waals surface area (Å²) < 4.78 is 46.2. The van der Waals surface area contributed by atoms with Gasteiger partial charge in [0.15, 0.2) is 0 Å². The van der Waals surface area contributed by atoms with Gasteiger partial charge in [-0.3, -0.25) is 4.18 Å². The van der Waals surface area contributed by atoms with Gasteiger partial charge in [0, 0.05) is 24.7 Å². The summed E-state index contributed by atoms with van der Waals surface area (Å²) in [5.74, 6) is -1.22. The van der Waals surface area contributed by atoms with Gasteiger partial charge in [0.05, 0.1) is 18.4 Å². The topological polar surface area (TPSA) is 72.9 Å². The van der Waals surface area contributed by atoms with Gasteiger partial charge in [-0.15, -0.1) is 11.6 Å². The highest BCUT2D eigenvalue weighted by Gasteiger charge is 2.21. The predicted molar refractivity (Wildman–Crippen MR) is 95.3 cm³/mol. The Balaban J connectivity index is 2.91. The number of benzene rings is 1. The molecule has 0 amide bonds. The fraction of sp³-hybridized carbons (Fsp3) is 0.562. The average Bonchev–Trinajstić information content (AvgIpc) is 2.43. The van der Waals surface area contributed by atoms with Crippen molar-refractivity contribution in [3.05, 3.63) is 29.6 Å². The maximum absolute atomic E-state index is 14.3. The summed E-state index contributed by atoms with van der Waals surface area (Å²) in [6.45, 7) is 5.56. The number of anilines is 1. The minimum Gasteiger partial charge on any atom is -0.456 e. The lowest BCUT2D eigenvalue weighted by molar-refractivity contribution is 0.00647. The summed E-state index contributed by atoms with van der Waals surface area (Å²) in [6, 6.07) is 4.07. The molecule has 1 rings (SSSR count). The molecule has 0 heterocycles. The fourth-order valence-electron chi connectivity index (χ4n) is 1.97. The molecule has 25 heavy (non-hydrogen) atoms. The van der Waals surface area contributed by atoms with E-state index < -0.39 is 27.5 Å². The van der Waals surface area contributed by atoms with Crippen LogP contribution in [0.1, 0.15) is 31.1 Å². The SMILES string of the molecule is CC(C)(C)OC(=O)c1ccc(N(CCCl)CCOS(C)(=O)=O)cc1F. The van der Waals surface area contributed by atoms with E-state index in [1.54, 1.807) is 31.7 Å². The second kappa shape index (κ2) is 8.82. The molecular formula is C16H23ClFNO5S. The molecule has 0 spiro atoms. The number of carbonyl (C=O) groups excluding carboxylic acids is 1. The van der Waals surface area contributed by atoms with Crippen LogP contribution in [0.5, 0.6) is 0 Å². The number of halogens is 2. The first kappa shape index (κ1) is 21.7. The van der Waals surface area contributed by atoms with Crippen LogP contribution in [0.2, 0.25) is 0 Å². The van der Waals surface area contributed by atoms with Gasteiger partial charge in [-0.25, -0.2) is 9.18 Å². The molecule has 0 atom stereocenters. The fourth-order valence-corrected chi connectivity index (χ4v) is 2.55. The van der Waals surface area contributed by atoms with Crippen LogP contribution in [-0.2, 0) is 19.0 Å². The third-order valence-electron chi connectivity index (χ3n) is 2.95. The monoisotopic (exact) mass is 395 g/mol. The summed E-state index contributed by atoms with van der Waals surface area (Å²) in [6.07, 6.45) is 0.953. The summed E-state index contributed by atoms with van der Waals surface area (Å²) in [4.78, 5) is 13.7. The van der Waals surface area contributed by atoms with Crippen molar-refractivity contribution in [2.24, 2.45) is 0 Å². The zero-order chi connectivity index (χ0) is 19.3. The summed E-state index contributed by atoms with van der Waals surface area (Å²) in [5.41, 5.74) is -0.435. The number of carbonyl (C=O) groups is 1. The van der Waals surface area contributed by atoms with E-state index in [1.807, 2.05) is 0 Å². The zero-order valence-electron chi connectivity index (χ0n) is 14.7. The molecule has 0 aliphatic carbocycles. The Hall–Kier alpha value is -1.38. The molecule has 0 aromatic heterocycles. The predicted octanol–water partition coefficient (Wildman–Crippen LogP) is 2.80. The van der Waals surface area contributed by atoms with Crippen LogP contribution in [0.25, 0.3) is 0 Å². The lowest BCUT2D eigenvalue weighted by atomic mass is 10.1. The van der Waals surface area contributed by atoms with Crippen molar-refractivity contribution in [2.75, 3.05) is 36.7 Å². The third kappa shape index (κ3) is 8.02. The van der Waals surface area contributed by atoms with Gasteiger partial charge in [-0.05, 0) is 39.0 Å². The molecule has 9 heteroatoms. The Bertz CT molecular complexity index is 703. The van der Waals surface area contributed by atoms with Crippen LogP contribution < -0.4 is 4.90 Å². The lowest BCUT2D eigenvalue weighted by Gasteiger charge is -2.24. The minimum absolute atomic E-state index is 0.0921. The minimum atomic E-state index is -3.56. The molecule has 1 aromatic carbocycles. The van der Waals surface area contributed by atoms with E-state index in [4.69, 9.17) is 20.5 Å². The molecule has 0 aliphatic rings. The summed E-state index contributed by atoms with van der Waals surface area (Å²) in [7, 11) is -3.56. The molecule has 0 unspecified atom stereocenters. The highest BCUT2D eigenvalue weighted by Crippen LogP contribution is 2.21. The molecule has 1 aromatic rings. The highest BCUT2D eigenvalue weighted by molar-refractivity contribution is 7.85. The third-order valence-corrected chi connectivity index (χ3v) is 3.71. The maximum atomic E-state index is 14.3. The van der Waals surface area contributed by atoms with E-state index in [-0.39, 0.29) is 24.6 Å². The second-order valence-electron chi connectivity index (χ2n) is 6.37. The first-order chi connectivity index (χ1) is 11.4. The Morgan fingerprint density at radius 1 is 1.28 bits per heavy atom. The highest BCUT2D eigenvalue weighted by atomic mass is 35.5. The van der Waals surface area contributed by atoms with Gasteiger partial charge in [0.1, 0.15) is 11.4 Å². The molecule has 0 N–H and O–H groups in total. The number of rotatable bonds is 8. The molecule has 6 nitrogen and oxygen atoms in total. The van der Waals surface area contributed by atoms with E-state index in [0.29, 0.717) is 12.2 Å². The number of hydrogen-bond acceptors (Lipinski definition) is 6. The van der Waals surface area contributed by atoms with Crippen molar-refractivity contribution < 1.29 is 26.5 Å². The lowest BCUT2D eigenvalue weighted by Crippen LogP contribution is -2.30. The van der Waals surface area contributed by atoms with Gasteiger partial charge in [0.2, 0.25) is 0 Å². The Kier molecular flexibility index (Phi) is 7.64. The van der Waals surface area contributed by atoms with Gasteiger partial charge >= 0.3 is 5.97 Å². The van der Waals surface area contributed by atoms with Crippen LogP contribution in [0.4, 0.5) is 10.1 Å². The molecule has 0 radical (unpaired) electrons. The van der Waals surface area contributed by atoms with Crippen molar-refractivity contribution in [1.82, 2.24) is 0 Å². The van der Waals surface area contributed by atoms with Gasteiger partial charge in [0.25, 0.3) is 10.1 Å². The van der Waals surface area contributed by atoms with Gasteiger partial charge in [-0.1, -0.05) is 0 Å². The van der Waals surface area contributed by atoms with Gasteiger partial charge < -0.3 is 9.64 Å².